The molecule has 0 aliphatic heterocycles. The molecule has 3 heteroatoms. The molecule has 0 aliphatic rings. The van der Waals surface area contributed by atoms with Crippen molar-refractivity contribution in [2.24, 2.45) is 7.05 Å². The van der Waals surface area contributed by atoms with Gasteiger partial charge in [0.15, 0.2) is 0 Å². The van der Waals surface area contributed by atoms with Crippen molar-refractivity contribution >= 4 is 0 Å². The van der Waals surface area contributed by atoms with E-state index in [-0.39, 0.29) is 0 Å². The van der Waals surface area contributed by atoms with Crippen LogP contribution in [-0.4, -0.2) is 16.3 Å². The topological polar surface area (TPSA) is 29.9 Å². The fourth-order valence-electron chi connectivity index (χ4n) is 2.21. The lowest BCUT2D eigenvalue weighted by molar-refractivity contribution is 0.508. The van der Waals surface area contributed by atoms with Gasteiger partial charge in [0.1, 0.15) is 0 Å². The van der Waals surface area contributed by atoms with E-state index in [9.17, 15) is 0 Å². The molecule has 1 N–H and O–H groups in total. The lowest BCUT2D eigenvalue weighted by atomic mass is 10.0. The van der Waals surface area contributed by atoms with E-state index in [2.05, 4.69) is 54.6 Å². The number of hydrogen-bond donors (Lipinski definition) is 1. The molecule has 0 fully saturated rings. The molecule has 3 nitrogen and oxygen atoms in total. The van der Waals surface area contributed by atoms with Crippen molar-refractivity contribution in [3.05, 3.63) is 53.3 Å². The maximum Gasteiger partial charge on any atom is 0.0553 e. The van der Waals surface area contributed by atoms with Gasteiger partial charge in [-0.05, 0) is 31.5 Å². The Kier molecular flexibility index (Phi) is 4.15. The van der Waals surface area contributed by atoms with Gasteiger partial charge in [0, 0.05) is 13.2 Å². The Labute approximate surface area is 109 Å². The third kappa shape index (κ3) is 2.99. The lowest BCUT2D eigenvalue weighted by Gasteiger charge is -2.18. The first-order valence-corrected chi connectivity index (χ1v) is 6.47. The maximum absolute atomic E-state index is 4.25. The van der Waals surface area contributed by atoms with Gasteiger partial charge in [0.25, 0.3) is 0 Å². The van der Waals surface area contributed by atoms with Gasteiger partial charge in [0.05, 0.1) is 11.7 Å². The molecule has 0 aliphatic carbocycles. The third-order valence-corrected chi connectivity index (χ3v) is 3.23. The molecule has 1 heterocycles. The van der Waals surface area contributed by atoms with Crippen LogP contribution in [0, 0.1) is 6.92 Å². The van der Waals surface area contributed by atoms with Gasteiger partial charge in [-0.25, -0.2) is 0 Å². The normalized spacial score (nSPS) is 12.6. The smallest absolute Gasteiger partial charge is 0.0553 e. The molecule has 0 bridgehead atoms. The summed E-state index contributed by atoms with van der Waals surface area (Å²) in [6.07, 6.45) is 2.85. The number of aryl methyl sites for hydroxylation is 2. The van der Waals surface area contributed by atoms with Crippen LogP contribution in [0.4, 0.5) is 0 Å². The zero-order valence-electron chi connectivity index (χ0n) is 11.4. The van der Waals surface area contributed by atoms with E-state index in [1.807, 2.05) is 17.9 Å². The van der Waals surface area contributed by atoms with Gasteiger partial charge in [-0.3, -0.25) is 4.68 Å². The molecular formula is C15H21N3. The first kappa shape index (κ1) is 12.8. The predicted molar refractivity (Wildman–Crippen MR) is 74.5 cm³/mol. The Bertz CT molecular complexity index is 485. The van der Waals surface area contributed by atoms with Gasteiger partial charge < -0.3 is 5.32 Å². The molecule has 1 unspecified atom stereocenters. The molecule has 2 rings (SSSR count). The number of hydrogen-bond acceptors (Lipinski definition) is 2. The minimum absolute atomic E-state index is 0.324. The van der Waals surface area contributed by atoms with Gasteiger partial charge >= 0.3 is 0 Å². The largest absolute Gasteiger partial charge is 0.309 e. The Morgan fingerprint density at radius 2 is 1.94 bits per heavy atom. The lowest BCUT2D eigenvalue weighted by Crippen LogP contribution is -2.25. The highest BCUT2D eigenvalue weighted by Gasteiger charge is 2.14. The van der Waals surface area contributed by atoms with E-state index >= 15 is 0 Å². The molecule has 18 heavy (non-hydrogen) atoms. The summed E-state index contributed by atoms with van der Waals surface area (Å²) in [7, 11) is 1.99. The van der Waals surface area contributed by atoms with Crippen LogP contribution in [0.1, 0.15) is 29.8 Å². The standard InChI is InChI=1S/C15H21N3/c1-4-16-14(15-9-10-17-18(15)3)11-13-7-5-12(2)6-8-13/h5-10,14,16H,4,11H2,1-3H3. The fraction of sp³-hybridized carbons (Fsp3) is 0.400. The fourth-order valence-corrected chi connectivity index (χ4v) is 2.21. The maximum atomic E-state index is 4.25. The highest BCUT2D eigenvalue weighted by atomic mass is 15.3. The van der Waals surface area contributed by atoms with E-state index < -0.39 is 0 Å². The molecule has 2 aromatic rings. The van der Waals surface area contributed by atoms with Gasteiger partial charge in [-0.15, -0.1) is 0 Å². The average Bonchev–Trinajstić information content (AvgIpc) is 2.78. The van der Waals surface area contributed by atoms with Crippen molar-refractivity contribution in [1.29, 1.82) is 0 Å². The summed E-state index contributed by atoms with van der Waals surface area (Å²) in [5.74, 6) is 0. The van der Waals surface area contributed by atoms with Gasteiger partial charge in [0.2, 0.25) is 0 Å². The van der Waals surface area contributed by atoms with Crippen molar-refractivity contribution < 1.29 is 0 Å². The summed E-state index contributed by atoms with van der Waals surface area (Å²) in [6, 6.07) is 11.2. The van der Waals surface area contributed by atoms with Crippen LogP contribution < -0.4 is 5.32 Å². The Balaban J connectivity index is 2.16. The van der Waals surface area contributed by atoms with Gasteiger partial charge in [-0.2, -0.15) is 5.10 Å². The summed E-state index contributed by atoms with van der Waals surface area (Å²) in [6.45, 7) is 5.22. The zero-order chi connectivity index (χ0) is 13.0. The van der Waals surface area contributed by atoms with E-state index in [1.54, 1.807) is 0 Å². The first-order chi connectivity index (χ1) is 8.70. The molecule has 1 aromatic heterocycles. The monoisotopic (exact) mass is 243 g/mol. The molecular weight excluding hydrogens is 222 g/mol. The average molecular weight is 243 g/mol. The van der Waals surface area contributed by atoms with Crippen molar-refractivity contribution in [3.63, 3.8) is 0 Å². The van der Waals surface area contributed by atoms with Crippen LogP contribution in [0.3, 0.4) is 0 Å². The molecule has 0 amide bonds. The minimum Gasteiger partial charge on any atom is -0.309 e. The number of aromatic nitrogens is 2. The second-order valence-electron chi connectivity index (χ2n) is 4.68. The summed E-state index contributed by atoms with van der Waals surface area (Å²) in [4.78, 5) is 0. The zero-order valence-corrected chi connectivity index (χ0v) is 11.4. The molecule has 96 valence electrons. The van der Waals surface area contributed by atoms with Crippen LogP contribution in [0.15, 0.2) is 36.5 Å². The Morgan fingerprint density at radius 3 is 2.50 bits per heavy atom. The van der Waals surface area contributed by atoms with Gasteiger partial charge in [-0.1, -0.05) is 36.8 Å². The third-order valence-electron chi connectivity index (χ3n) is 3.23. The Hall–Kier alpha value is -1.61. The molecule has 0 radical (unpaired) electrons. The molecule has 1 aromatic carbocycles. The van der Waals surface area contributed by atoms with Crippen LogP contribution in [0.2, 0.25) is 0 Å². The van der Waals surface area contributed by atoms with Crippen molar-refractivity contribution in [2.45, 2.75) is 26.3 Å². The predicted octanol–water partition coefficient (Wildman–Crippen LogP) is 2.62. The van der Waals surface area contributed by atoms with E-state index in [4.69, 9.17) is 0 Å². The number of nitrogens with zero attached hydrogens (tertiary/aromatic N) is 2. The highest BCUT2D eigenvalue weighted by Crippen LogP contribution is 2.18. The van der Waals surface area contributed by atoms with E-state index in [0.29, 0.717) is 6.04 Å². The highest BCUT2D eigenvalue weighted by molar-refractivity contribution is 5.23. The number of likely N-dealkylation sites (N-methyl/N-ethyl adjacent to an activating group) is 1. The summed E-state index contributed by atoms with van der Waals surface area (Å²) < 4.78 is 1.95. The van der Waals surface area contributed by atoms with E-state index in [0.717, 1.165) is 13.0 Å². The Morgan fingerprint density at radius 1 is 1.22 bits per heavy atom. The van der Waals surface area contributed by atoms with Crippen LogP contribution in [-0.2, 0) is 13.5 Å². The molecule has 0 saturated heterocycles. The molecule has 0 spiro atoms. The number of rotatable bonds is 5. The summed E-state index contributed by atoms with van der Waals surface area (Å²) in [5.41, 5.74) is 3.89. The summed E-state index contributed by atoms with van der Waals surface area (Å²) >= 11 is 0. The second kappa shape index (κ2) is 5.83. The SMILES string of the molecule is CCNC(Cc1ccc(C)cc1)c1ccnn1C. The molecule has 1 atom stereocenters. The van der Waals surface area contributed by atoms with E-state index in [1.165, 1.54) is 16.8 Å². The number of nitrogens with one attached hydrogen (secondary N) is 1. The van der Waals surface area contributed by atoms with Crippen molar-refractivity contribution in [3.8, 4) is 0 Å². The van der Waals surface area contributed by atoms with Crippen LogP contribution >= 0.6 is 0 Å². The first-order valence-electron chi connectivity index (χ1n) is 6.47. The summed E-state index contributed by atoms with van der Waals surface area (Å²) in [5, 5.41) is 7.78. The number of benzene rings is 1. The van der Waals surface area contributed by atoms with Crippen molar-refractivity contribution in [2.75, 3.05) is 6.54 Å². The minimum atomic E-state index is 0.324. The molecule has 0 saturated carbocycles. The van der Waals surface area contributed by atoms with Crippen LogP contribution in [0.5, 0.6) is 0 Å². The quantitative estimate of drug-likeness (QED) is 0.875. The second-order valence-corrected chi connectivity index (χ2v) is 4.68. The van der Waals surface area contributed by atoms with Crippen LogP contribution in [0.25, 0.3) is 0 Å². The van der Waals surface area contributed by atoms with Crippen molar-refractivity contribution in [1.82, 2.24) is 15.1 Å².